The number of benzene rings is 1. The van der Waals surface area contributed by atoms with Gasteiger partial charge in [0.05, 0.1) is 11.9 Å². The Labute approximate surface area is 139 Å². The number of nitrogens with zero attached hydrogens (tertiary/aromatic N) is 2. The summed E-state index contributed by atoms with van der Waals surface area (Å²) in [7, 11) is -2.87. The number of rotatable bonds is 7. The lowest BCUT2D eigenvalue weighted by Crippen LogP contribution is -2.53. The Morgan fingerprint density at radius 2 is 1.96 bits per heavy atom. The van der Waals surface area contributed by atoms with Gasteiger partial charge in [-0.1, -0.05) is 30.3 Å². The number of hydrogen-bond donors (Lipinski definition) is 1. The number of aliphatic hydroxyl groups is 1. The summed E-state index contributed by atoms with van der Waals surface area (Å²) in [4.78, 5) is 4.63. The van der Waals surface area contributed by atoms with Gasteiger partial charge in [0.15, 0.2) is 0 Å². The Kier molecular flexibility index (Phi) is 6.59. The van der Waals surface area contributed by atoms with Crippen LogP contribution >= 0.6 is 0 Å². The van der Waals surface area contributed by atoms with Crippen molar-refractivity contribution in [3.05, 3.63) is 35.9 Å². The average Bonchev–Trinajstić information content (AvgIpc) is 2.49. The number of hydrogen-bond acceptors (Lipinski definition) is 5. The Morgan fingerprint density at radius 3 is 2.57 bits per heavy atom. The van der Waals surface area contributed by atoms with Crippen LogP contribution in [-0.4, -0.2) is 74.1 Å². The molecular formula is C17H28N2O3S. The molecule has 0 aliphatic carbocycles. The van der Waals surface area contributed by atoms with Crippen LogP contribution in [0.25, 0.3) is 0 Å². The second kappa shape index (κ2) is 8.24. The second-order valence-electron chi connectivity index (χ2n) is 6.55. The summed E-state index contributed by atoms with van der Waals surface area (Å²) in [5.74, 6) is 0.258. The van der Waals surface area contributed by atoms with Gasteiger partial charge < -0.3 is 10.0 Å². The maximum Gasteiger partial charge on any atom is 0.147 e. The third kappa shape index (κ3) is 6.22. The molecule has 1 fully saturated rings. The molecule has 0 bridgehead atoms. The zero-order valence-corrected chi connectivity index (χ0v) is 14.9. The molecule has 2 unspecified atom stereocenters. The van der Waals surface area contributed by atoms with Gasteiger partial charge in [0, 0.05) is 38.5 Å². The highest BCUT2D eigenvalue weighted by Crippen LogP contribution is 2.17. The van der Waals surface area contributed by atoms with E-state index < -0.39 is 15.9 Å². The molecule has 23 heavy (non-hydrogen) atoms. The Morgan fingerprint density at radius 1 is 1.26 bits per heavy atom. The van der Waals surface area contributed by atoms with Crippen molar-refractivity contribution in [3.63, 3.8) is 0 Å². The van der Waals surface area contributed by atoms with E-state index >= 15 is 0 Å². The van der Waals surface area contributed by atoms with Crippen molar-refractivity contribution in [2.75, 3.05) is 44.7 Å². The molecule has 1 N–H and O–H groups in total. The van der Waals surface area contributed by atoms with Crippen molar-refractivity contribution in [2.24, 2.45) is 0 Å². The van der Waals surface area contributed by atoms with Crippen LogP contribution in [-0.2, 0) is 9.84 Å². The van der Waals surface area contributed by atoms with Gasteiger partial charge >= 0.3 is 0 Å². The summed E-state index contributed by atoms with van der Waals surface area (Å²) < 4.78 is 22.4. The minimum atomic E-state index is -2.87. The average molecular weight is 340 g/mol. The number of piperazine rings is 1. The van der Waals surface area contributed by atoms with E-state index in [0.717, 1.165) is 31.7 Å². The zero-order valence-electron chi connectivity index (χ0n) is 14.1. The Balaban J connectivity index is 1.78. The molecule has 1 heterocycles. The molecule has 1 aliphatic rings. The Hall–Kier alpha value is -0.950. The van der Waals surface area contributed by atoms with Crippen molar-refractivity contribution >= 4 is 9.84 Å². The second-order valence-corrected chi connectivity index (χ2v) is 8.81. The van der Waals surface area contributed by atoms with Gasteiger partial charge in [0.1, 0.15) is 9.84 Å². The number of aliphatic hydroxyl groups excluding tert-OH is 1. The van der Waals surface area contributed by atoms with Crippen LogP contribution in [0.5, 0.6) is 0 Å². The standard InChI is InChI=1S/C17H28N2O3S/c1-15-13-18(9-6-12-23(2,21)22)10-11-19(15)14-17(20)16-7-4-3-5-8-16/h3-5,7-8,15,17,20H,6,9-14H2,1-2H3. The molecule has 0 radical (unpaired) electrons. The van der Waals surface area contributed by atoms with Gasteiger partial charge in [-0.2, -0.15) is 0 Å². The van der Waals surface area contributed by atoms with Crippen LogP contribution < -0.4 is 0 Å². The smallest absolute Gasteiger partial charge is 0.147 e. The fraction of sp³-hybridized carbons (Fsp3) is 0.647. The highest BCUT2D eigenvalue weighted by molar-refractivity contribution is 7.90. The van der Waals surface area contributed by atoms with E-state index in [2.05, 4.69) is 16.7 Å². The van der Waals surface area contributed by atoms with E-state index in [-0.39, 0.29) is 5.75 Å². The first-order chi connectivity index (χ1) is 10.8. The first-order valence-corrected chi connectivity index (χ1v) is 10.3. The maximum absolute atomic E-state index is 11.2. The first kappa shape index (κ1) is 18.4. The number of sulfone groups is 1. The highest BCUT2D eigenvalue weighted by atomic mass is 32.2. The van der Waals surface area contributed by atoms with Crippen LogP contribution in [0.1, 0.15) is 25.0 Å². The van der Waals surface area contributed by atoms with E-state index in [1.54, 1.807) is 0 Å². The van der Waals surface area contributed by atoms with Crippen molar-refractivity contribution in [1.82, 2.24) is 9.80 Å². The van der Waals surface area contributed by atoms with Gasteiger partial charge in [0.2, 0.25) is 0 Å². The molecule has 0 saturated carbocycles. The molecule has 1 aliphatic heterocycles. The topological polar surface area (TPSA) is 60.9 Å². The van der Waals surface area contributed by atoms with Gasteiger partial charge in [-0.25, -0.2) is 8.42 Å². The van der Waals surface area contributed by atoms with E-state index in [1.807, 2.05) is 30.3 Å². The van der Waals surface area contributed by atoms with E-state index in [1.165, 1.54) is 6.26 Å². The first-order valence-electron chi connectivity index (χ1n) is 8.22. The van der Waals surface area contributed by atoms with Crippen molar-refractivity contribution in [3.8, 4) is 0 Å². The fourth-order valence-electron chi connectivity index (χ4n) is 3.10. The van der Waals surface area contributed by atoms with Crippen molar-refractivity contribution < 1.29 is 13.5 Å². The summed E-state index contributed by atoms with van der Waals surface area (Å²) in [6.45, 7) is 6.39. The Bertz CT molecular complexity index is 577. The molecule has 130 valence electrons. The SMILES string of the molecule is CC1CN(CCCS(C)(=O)=O)CCN1CC(O)c1ccccc1. The normalized spacial score (nSPS) is 22.1. The highest BCUT2D eigenvalue weighted by Gasteiger charge is 2.25. The minimum Gasteiger partial charge on any atom is -0.387 e. The summed E-state index contributed by atoms with van der Waals surface area (Å²) in [5, 5.41) is 10.4. The van der Waals surface area contributed by atoms with E-state index in [0.29, 0.717) is 19.0 Å². The lowest BCUT2D eigenvalue weighted by atomic mass is 10.1. The minimum absolute atomic E-state index is 0.258. The molecule has 5 nitrogen and oxygen atoms in total. The zero-order chi connectivity index (χ0) is 16.9. The van der Waals surface area contributed by atoms with E-state index in [4.69, 9.17) is 0 Å². The number of β-amino-alcohol motifs (C(OH)–C–C–N with tert-alkyl or cyclic N) is 1. The quantitative estimate of drug-likeness (QED) is 0.807. The molecule has 6 heteroatoms. The fourth-order valence-corrected chi connectivity index (χ4v) is 3.75. The van der Waals surface area contributed by atoms with Gasteiger partial charge in [-0.15, -0.1) is 0 Å². The molecule has 1 saturated heterocycles. The van der Waals surface area contributed by atoms with Crippen LogP contribution in [0.15, 0.2) is 30.3 Å². The van der Waals surface area contributed by atoms with E-state index in [9.17, 15) is 13.5 Å². The lowest BCUT2D eigenvalue weighted by molar-refractivity contribution is 0.0390. The van der Waals surface area contributed by atoms with Gasteiger partial charge in [-0.3, -0.25) is 4.90 Å². The van der Waals surface area contributed by atoms with Crippen LogP contribution in [0.4, 0.5) is 0 Å². The largest absolute Gasteiger partial charge is 0.387 e. The molecule has 1 aromatic rings. The van der Waals surface area contributed by atoms with Gasteiger partial charge in [-0.05, 0) is 25.5 Å². The maximum atomic E-state index is 11.2. The lowest BCUT2D eigenvalue weighted by Gasteiger charge is -2.40. The molecule has 2 rings (SSSR count). The monoisotopic (exact) mass is 340 g/mol. The van der Waals surface area contributed by atoms with Crippen molar-refractivity contribution in [2.45, 2.75) is 25.5 Å². The molecular weight excluding hydrogens is 312 g/mol. The molecule has 0 amide bonds. The predicted molar refractivity (Wildman–Crippen MR) is 93.2 cm³/mol. The summed E-state index contributed by atoms with van der Waals surface area (Å²) in [6, 6.07) is 10.1. The predicted octanol–water partition coefficient (Wildman–Crippen LogP) is 1.16. The van der Waals surface area contributed by atoms with Crippen LogP contribution in [0.3, 0.4) is 0 Å². The third-order valence-corrected chi connectivity index (χ3v) is 5.46. The summed E-state index contributed by atoms with van der Waals surface area (Å²) >= 11 is 0. The third-order valence-electron chi connectivity index (χ3n) is 4.43. The molecule has 0 aromatic heterocycles. The van der Waals surface area contributed by atoms with Crippen LogP contribution in [0, 0.1) is 0 Å². The molecule has 1 aromatic carbocycles. The molecule has 2 atom stereocenters. The van der Waals surface area contributed by atoms with Crippen LogP contribution in [0.2, 0.25) is 0 Å². The van der Waals surface area contributed by atoms with Gasteiger partial charge in [0.25, 0.3) is 0 Å². The summed E-state index contributed by atoms with van der Waals surface area (Å²) in [6.07, 6.45) is 1.52. The molecule has 0 spiro atoms. The van der Waals surface area contributed by atoms with Crippen molar-refractivity contribution in [1.29, 1.82) is 0 Å². The summed E-state index contributed by atoms with van der Waals surface area (Å²) in [5.41, 5.74) is 0.954.